The second-order valence-electron chi connectivity index (χ2n) is 11.7. The molecule has 2 aliphatic heterocycles. The predicted octanol–water partition coefficient (Wildman–Crippen LogP) is 8.43. The van der Waals surface area contributed by atoms with Crippen LogP contribution in [0.5, 0.6) is 5.75 Å². The Morgan fingerprint density at radius 2 is 1.96 bits per heavy atom. The fourth-order valence-corrected chi connectivity index (χ4v) is 6.49. The molecule has 3 N–H and O–H groups in total. The van der Waals surface area contributed by atoms with E-state index in [1.54, 1.807) is 18.5 Å². The first-order chi connectivity index (χ1) is 22.3. The Balaban J connectivity index is 1.28. The number of fused-ring (bicyclic) bond motifs is 1. The van der Waals surface area contributed by atoms with E-state index in [1.807, 2.05) is 55.5 Å². The number of methoxy groups -OCH3 is 1. The van der Waals surface area contributed by atoms with E-state index in [0.717, 1.165) is 40.0 Å². The van der Waals surface area contributed by atoms with Crippen LogP contribution in [0.15, 0.2) is 77.9 Å². The largest absolute Gasteiger partial charge is 0.496 e. The van der Waals surface area contributed by atoms with Crippen LogP contribution in [0, 0.1) is 24.1 Å². The molecule has 3 heterocycles. The third kappa shape index (κ3) is 6.60. The van der Waals surface area contributed by atoms with Gasteiger partial charge in [0.05, 0.1) is 24.8 Å². The van der Waals surface area contributed by atoms with E-state index in [9.17, 15) is 5.11 Å². The van der Waals surface area contributed by atoms with E-state index in [2.05, 4.69) is 21.4 Å². The summed E-state index contributed by atoms with van der Waals surface area (Å²) >= 11 is 7.08. The van der Waals surface area contributed by atoms with Crippen LogP contribution >= 0.6 is 11.6 Å². The fraction of sp³-hybridized carbons (Fsp3) is 0.270. The van der Waals surface area contributed by atoms with Crippen molar-refractivity contribution in [2.24, 2.45) is 10.9 Å². The minimum absolute atomic E-state index is 0.0713. The van der Waals surface area contributed by atoms with Gasteiger partial charge in [-0.1, -0.05) is 48.0 Å². The van der Waals surface area contributed by atoms with E-state index >= 15 is 4.39 Å². The number of nitrogens with one attached hydrogen (secondary N) is 2. The highest BCUT2D eigenvalue weighted by Crippen LogP contribution is 2.42. The molecule has 7 nitrogen and oxygen atoms in total. The number of hydrogen-bond acceptors (Lipinski definition) is 7. The van der Waals surface area contributed by atoms with Crippen molar-refractivity contribution >= 4 is 40.7 Å². The van der Waals surface area contributed by atoms with Crippen molar-refractivity contribution in [3.8, 4) is 28.0 Å². The van der Waals surface area contributed by atoms with Gasteiger partial charge in [0, 0.05) is 53.5 Å². The maximum Gasteiger partial charge on any atom is 0.156 e. The lowest BCUT2D eigenvalue weighted by molar-refractivity contribution is -0.0416. The maximum atomic E-state index is 15.7. The van der Waals surface area contributed by atoms with Crippen molar-refractivity contribution in [1.82, 2.24) is 4.98 Å². The molecular formula is C37H36ClFN4O3. The van der Waals surface area contributed by atoms with Gasteiger partial charge in [-0.25, -0.2) is 9.37 Å². The Bertz CT molecular complexity index is 1840. The maximum absolute atomic E-state index is 15.7. The van der Waals surface area contributed by atoms with Crippen LogP contribution in [0.25, 0.3) is 22.3 Å². The van der Waals surface area contributed by atoms with Gasteiger partial charge in [0.25, 0.3) is 0 Å². The van der Waals surface area contributed by atoms with Crippen LogP contribution in [-0.2, 0) is 17.6 Å². The van der Waals surface area contributed by atoms with Crippen LogP contribution in [0.2, 0.25) is 5.02 Å². The third-order valence-corrected chi connectivity index (χ3v) is 9.10. The average molecular weight is 639 g/mol. The molecule has 0 amide bonds. The molecule has 0 saturated carbocycles. The van der Waals surface area contributed by atoms with E-state index in [-0.39, 0.29) is 18.9 Å². The molecule has 0 spiro atoms. The summed E-state index contributed by atoms with van der Waals surface area (Å²) < 4.78 is 26.6. The SMILES string of the molecule is COc1cc(-c2cccc(-c3cccc(Nc4nccc5c4N=CC=CC5)c3C)c2Cl)cc(F)c1CC(=N)C[C@H]1CCOC[C@H]1O. The highest BCUT2D eigenvalue weighted by molar-refractivity contribution is 6.36. The van der Waals surface area contributed by atoms with Crippen LogP contribution in [0.3, 0.4) is 0 Å². The van der Waals surface area contributed by atoms with E-state index < -0.39 is 11.9 Å². The van der Waals surface area contributed by atoms with Crippen LogP contribution < -0.4 is 10.1 Å². The molecule has 6 rings (SSSR count). The minimum Gasteiger partial charge on any atom is -0.496 e. The van der Waals surface area contributed by atoms with Crippen LogP contribution in [0.1, 0.15) is 29.5 Å². The van der Waals surface area contributed by atoms with Gasteiger partial charge >= 0.3 is 0 Å². The summed E-state index contributed by atoms with van der Waals surface area (Å²) in [4.78, 5) is 9.17. The number of aromatic nitrogens is 1. The van der Waals surface area contributed by atoms with Crippen LogP contribution in [-0.4, -0.2) is 48.4 Å². The van der Waals surface area contributed by atoms with Crippen molar-refractivity contribution < 1.29 is 19.0 Å². The number of aliphatic imine (C=N–C) groups is 1. The quantitative estimate of drug-likeness (QED) is 0.160. The molecule has 236 valence electrons. The van der Waals surface area contributed by atoms with Crippen LogP contribution in [0.4, 0.5) is 21.6 Å². The lowest BCUT2D eigenvalue weighted by atomic mass is 9.89. The molecule has 2 atom stereocenters. The minimum atomic E-state index is -0.616. The molecule has 1 fully saturated rings. The average Bonchev–Trinajstić information content (AvgIpc) is 3.31. The second kappa shape index (κ2) is 14.0. The number of anilines is 2. The predicted molar refractivity (Wildman–Crippen MR) is 183 cm³/mol. The molecule has 1 aromatic heterocycles. The Hall–Kier alpha value is -4.37. The smallest absolute Gasteiger partial charge is 0.156 e. The summed E-state index contributed by atoms with van der Waals surface area (Å²) in [7, 11) is 1.50. The number of aliphatic hydroxyl groups is 1. The lowest BCUT2D eigenvalue weighted by Gasteiger charge is -2.28. The molecule has 0 unspecified atom stereocenters. The van der Waals surface area contributed by atoms with Gasteiger partial charge in [-0.15, -0.1) is 0 Å². The normalized spacial score (nSPS) is 17.3. The molecule has 0 aliphatic carbocycles. The van der Waals surface area contributed by atoms with Gasteiger partial charge in [-0.3, -0.25) is 4.99 Å². The zero-order valence-corrected chi connectivity index (χ0v) is 26.6. The van der Waals surface area contributed by atoms with Gasteiger partial charge in [0.2, 0.25) is 0 Å². The number of nitrogens with zero attached hydrogens (tertiary/aromatic N) is 2. The first-order valence-electron chi connectivity index (χ1n) is 15.4. The van der Waals surface area contributed by atoms with Gasteiger partial charge in [0.15, 0.2) is 5.82 Å². The number of ether oxygens (including phenoxy) is 2. The Morgan fingerprint density at radius 1 is 1.15 bits per heavy atom. The van der Waals surface area contributed by atoms with Gasteiger partial charge in [-0.05, 0) is 84.7 Å². The van der Waals surface area contributed by atoms with E-state index in [1.165, 1.54) is 13.2 Å². The number of pyridine rings is 1. The molecule has 2 aliphatic rings. The molecule has 9 heteroatoms. The van der Waals surface area contributed by atoms with Gasteiger partial charge in [0.1, 0.15) is 17.3 Å². The third-order valence-electron chi connectivity index (χ3n) is 8.70. The molecule has 0 radical (unpaired) electrons. The summed E-state index contributed by atoms with van der Waals surface area (Å²) in [6, 6.07) is 16.9. The van der Waals surface area contributed by atoms with E-state index in [4.69, 9.17) is 26.5 Å². The summed E-state index contributed by atoms with van der Waals surface area (Å²) in [6.07, 6.45) is 8.88. The highest BCUT2D eigenvalue weighted by Gasteiger charge is 2.26. The number of aliphatic hydroxyl groups excluding tert-OH is 1. The zero-order chi connectivity index (χ0) is 32.2. The fourth-order valence-electron chi connectivity index (χ4n) is 6.15. The Kier molecular flexibility index (Phi) is 9.59. The van der Waals surface area contributed by atoms with E-state index in [0.29, 0.717) is 58.4 Å². The standard InChI is InChI=1S/C37H36ClFN4O3/c1-22-27(8-6-11-32(22)43-37-36-23(12-15-42-37)7-3-4-14-41-36)29-10-5-9-28(35(29)38)25-18-31(39)30(34(19-25)45-2)20-26(40)17-24-13-16-46-21-33(24)44/h3-6,8-12,14-15,18-19,24,33,40,44H,7,13,16-17,20-21H2,1-2H3,(H,42,43)/t24-,33-/m1/s1. The summed E-state index contributed by atoms with van der Waals surface area (Å²) in [5.74, 6) is 0.487. The molecule has 4 aromatic rings. The van der Waals surface area contributed by atoms with Crippen molar-refractivity contribution in [2.45, 2.75) is 38.7 Å². The highest BCUT2D eigenvalue weighted by atomic mass is 35.5. The van der Waals surface area contributed by atoms with Gasteiger partial charge < -0.3 is 25.3 Å². The molecular weight excluding hydrogens is 603 g/mol. The Morgan fingerprint density at radius 3 is 2.78 bits per heavy atom. The molecule has 46 heavy (non-hydrogen) atoms. The number of hydrogen-bond donors (Lipinski definition) is 3. The Labute approximate surface area is 273 Å². The first kappa shape index (κ1) is 31.6. The number of benzene rings is 3. The second-order valence-corrected chi connectivity index (χ2v) is 12.0. The number of allylic oxidation sites excluding steroid dienone is 2. The monoisotopic (exact) mass is 638 g/mol. The molecule has 1 saturated heterocycles. The molecule has 0 bridgehead atoms. The molecule has 3 aromatic carbocycles. The van der Waals surface area contributed by atoms with Crippen molar-refractivity contribution in [3.63, 3.8) is 0 Å². The van der Waals surface area contributed by atoms with Crippen molar-refractivity contribution in [1.29, 1.82) is 5.41 Å². The van der Waals surface area contributed by atoms with Crippen molar-refractivity contribution in [2.75, 3.05) is 25.6 Å². The lowest BCUT2D eigenvalue weighted by Crippen LogP contribution is -2.33. The number of halogens is 2. The zero-order valence-electron chi connectivity index (χ0n) is 25.8. The van der Waals surface area contributed by atoms with Gasteiger partial charge in [-0.2, -0.15) is 0 Å². The van der Waals surface area contributed by atoms with Crippen molar-refractivity contribution in [3.05, 3.63) is 100 Å². The topological polar surface area (TPSA) is 99.8 Å². The first-order valence-corrected chi connectivity index (χ1v) is 15.7. The summed E-state index contributed by atoms with van der Waals surface area (Å²) in [6.45, 7) is 2.85. The number of rotatable bonds is 9. The summed E-state index contributed by atoms with van der Waals surface area (Å²) in [5.41, 5.74) is 7.38. The summed E-state index contributed by atoms with van der Waals surface area (Å²) in [5, 5.41) is 22.7.